The molecule has 0 spiro atoms. The molecule has 1 amide bonds. The molecule has 47 heavy (non-hydrogen) atoms. The van der Waals surface area contributed by atoms with Gasteiger partial charge in [0, 0.05) is 35.0 Å². The van der Waals surface area contributed by atoms with Crippen LogP contribution in [0.5, 0.6) is 0 Å². The van der Waals surface area contributed by atoms with Crippen LogP contribution in [0.4, 0.5) is 5.69 Å². The van der Waals surface area contributed by atoms with Crippen LogP contribution in [0, 0.1) is 6.92 Å². The predicted octanol–water partition coefficient (Wildman–Crippen LogP) is 9.71. The first kappa shape index (κ1) is 33.1. The number of ether oxygens (including phenoxy) is 1. The largest absolute Gasteiger partial charge is 0.494 e. The van der Waals surface area contributed by atoms with E-state index >= 15 is 0 Å². The summed E-state index contributed by atoms with van der Waals surface area (Å²) in [6, 6.07) is 27.7. The van der Waals surface area contributed by atoms with E-state index < -0.39 is 0 Å². The van der Waals surface area contributed by atoms with Gasteiger partial charge >= 0.3 is 5.91 Å². The zero-order valence-corrected chi connectivity index (χ0v) is 30.0. The Balaban J connectivity index is 1.30. The second-order valence-electron chi connectivity index (χ2n) is 11.1. The quantitative estimate of drug-likeness (QED) is 0.120. The fraction of sp³-hybridized carbons (Fsp3) is 0.231. The van der Waals surface area contributed by atoms with Gasteiger partial charge in [0.1, 0.15) is 10.7 Å². The number of hydrogen-bond acceptors (Lipinski definition) is 7. The molecule has 0 aromatic heterocycles. The molecule has 3 heterocycles. The minimum atomic E-state index is 0.0166. The molecule has 3 aliphatic heterocycles. The monoisotopic (exact) mass is 678 g/mol. The van der Waals surface area contributed by atoms with E-state index in [-0.39, 0.29) is 5.91 Å². The molecule has 240 valence electrons. The van der Waals surface area contributed by atoms with Crippen molar-refractivity contribution in [2.75, 3.05) is 31.1 Å². The number of carbonyl (C=O) groups excluding carboxylic acids is 1. The van der Waals surface area contributed by atoms with Crippen molar-refractivity contribution in [3.05, 3.63) is 141 Å². The molecule has 8 heteroatoms. The SMILES string of the molecule is CCOC(=C\C=C1/SC(/C=C2\SC(c3ccccc3)=C(c3ccccc3)N2CC)=[N+](CC)C1=O)/C=C1\Sc2ccc(C)cc2N1CC. The van der Waals surface area contributed by atoms with Gasteiger partial charge < -0.3 is 14.5 Å². The molecule has 6 rings (SSSR count). The van der Waals surface area contributed by atoms with Gasteiger partial charge in [-0.25, -0.2) is 4.79 Å². The topological polar surface area (TPSA) is 35.8 Å². The number of anilines is 1. The van der Waals surface area contributed by atoms with Gasteiger partial charge in [-0.05, 0) is 87.4 Å². The molecule has 0 bridgehead atoms. The van der Waals surface area contributed by atoms with E-state index in [4.69, 9.17) is 4.74 Å². The Morgan fingerprint density at radius 3 is 2.19 bits per heavy atom. The van der Waals surface area contributed by atoms with Crippen LogP contribution >= 0.6 is 35.3 Å². The van der Waals surface area contributed by atoms with Crippen LogP contribution in [0.25, 0.3) is 10.6 Å². The normalized spacial score (nSPS) is 19.3. The molecule has 0 N–H and O–H groups in total. The maximum atomic E-state index is 13.7. The number of hydrogen-bond donors (Lipinski definition) is 0. The van der Waals surface area contributed by atoms with Crippen LogP contribution in [0.15, 0.2) is 129 Å². The number of likely N-dealkylation sites (N-methyl/N-ethyl adjacent to an activating group) is 1. The lowest BCUT2D eigenvalue weighted by Crippen LogP contribution is -2.21. The molecule has 3 aromatic carbocycles. The lowest BCUT2D eigenvalue weighted by molar-refractivity contribution is -0.435. The Morgan fingerprint density at radius 2 is 1.53 bits per heavy atom. The first-order valence-corrected chi connectivity index (χ1v) is 18.6. The molecule has 0 fully saturated rings. The predicted molar refractivity (Wildman–Crippen MR) is 202 cm³/mol. The van der Waals surface area contributed by atoms with E-state index in [9.17, 15) is 4.79 Å². The summed E-state index contributed by atoms with van der Waals surface area (Å²) in [5.41, 5.74) is 6.05. The van der Waals surface area contributed by atoms with E-state index in [0.717, 1.165) is 34.0 Å². The molecule has 0 saturated carbocycles. The highest BCUT2D eigenvalue weighted by Crippen LogP contribution is 2.51. The highest BCUT2D eigenvalue weighted by atomic mass is 32.2. The zero-order valence-electron chi connectivity index (χ0n) is 27.5. The van der Waals surface area contributed by atoms with Gasteiger partial charge in [0.25, 0.3) is 5.04 Å². The Labute approximate surface area is 291 Å². The lowest BCUT2D eigenvalue weighted by Gasteiger charge is -2.21. The van der Waals surface area contributed by atoms with E-state index in [1.165, 1.54) is 49.6 Å². The van der Waals surface area contributed by atoms with Crippen LogP contribution in [0.2, 0.25) is 0 Å². The number of fused-ring (bicyclic) bond motifs is 1. The Hall–Kier alpha value is -3.85. The molecule has 0 saturated heterocycles. The third-order valence-electron chi connectivity index (χ3n) is 8.03. The second kappa shape index (κ2) is 14.9. The minimum absolute atomic E-state index is 0.0166. The number of allylic oxidation sites excluding steroid dienone is 3. The summed E-state index contributed by atoms with van der Waals surface area (Å²) in [6.07, 6.45) is 8.13. The first-order valence-electron chi connectivity index (χ1n) is 16.2. The number of carbonyl (C=O) groups is 1. The van der Waals surface area contributed by atoms with Crippen molar-refractivity contribution in [3.63, 3.8) is 0 Å². The number of thioether (sulfide) groups is 3. The third kappa shape index (κ3) is 6.91. The van der Waals surface area contributed by atoms with Crippen molar-refractivity contribution >= 4 is 62.5 Å². The molecular weight excluding hydrogens is 639 g/mol. The maximum absolute atomic E-state index is 13.7. The van der Waals surface area contributed by atoms with Crippen molar-refractivity contribution in [1.29, 1.82) is 0 Å². The molecular formula is C39H40N3O2S3+. The summed E-state index contributed by atoms with van der Waals surface area (Å²) < 4.78 is 7.94. The first-order chi connectivity index (χ1) is 22.9. The van der Waals surface area contributed by atoms with Crippen molar-refractivity contribution in [2.24, 2.45) is 0 Å². The number of rotatable bonds is 10. The van der Waals surface area contributed by atoms with Gasteiger partial charge in [-0.15, -0.1) is 0 Å². The maximum Gasteiger partial charge on any atom is 0.427 e. The molecule has 0 atom stereocenters. The van der Waals surface area contributed by atoms with Crippen LogP contribution in [-0.2, 0) is 9.53 Å². The number of aryl methyl sites for hydroxylation is 1. The average Bonchev–Trinajstić information content (AvgIpc) is 3.73. The summed E-state index contributed by atoms with van der Waals surface area (Å²) >= 11 is 5.05. The third-order valence-corrected chi connectivity index (χ3v) is 11.4. The molecule has 5 nitrogen and oxygen atoms in total. The molecule has 3 aliphatic rings. The van der Waals surface area contributed by atoms with Gasteiger partial charge in [-0.3, -0.25) is 0 Å². The van der Waals surface area contributed by atoms with E-state index in [1.807, 2.05) is 30.6 Å². The fourth-order valence-corrected chi connectivity index (χ4v) is 9.38. The van der Waals surface area contributed by atoms with Crippen LogP contribution in [-0.4, -0.2) is 46.7 Å². The van der Waals surface area contributed by atoms with Gasteiger partial charge in [0.2, 0.25) is 0 Å². The van der Waals surface area contributed by atoms with Gasteiger partial charge in [-0.2, -0.15) is 4.58 Å². The zero-order chi connectivity index (χ0) is 32.9. The van der Waals surface area contributed by atoms with Gasteiger partial charge in [0.15, 0.2) is 6.54 Å². The van der Waals surface area contributed by atoms with Gasteiger partial charge in [0.05, 0.1) is 28.0 Å². The summed E-state index contributed by atoms with van der Waals surface area (Å²) in [6.45, 7) is 13.3. The van der Waals surface area contributed by atoms with E-state index in [2.05, 4.69) is 122 Å². The highest BCUT2D eigenvalue weighted by Gasteiger charge is 2.38. The Kier molecular flexibility index (Phi) is 10.5. The average molecular weight is 679 g/mol. The van der Waals surface area contributed by atoms with E-state index in [0.29, 0.717) is 18.1 Å². The molecule has 3 aromatic rings. The molecule has 0 radical (unpaired) electrons. The minimum Gasteiger partial charge on any atom is -0.494 e. The van der Waals surface area contributed by atoms with Crippen LogP contribution in [0.1, 0.15) is 44.4 Å². The lowest BCUT2D eigenvalue weighted by atomic mass is 10.1. The summed E-state index contributed by atoms with van der Waals surface area (Å²) in [5.74, 6) is 0.754. The summed E-state index contributed by atoms with van der Waals surface area (Å²) in [5, 5.41) is 3.17. The van der Waals surface area contributed by atoms with Gasteiger partial charge in [-0.1, -0.05) is 90.3 Å². The van der Waals surface area contributed by atoms with Crippen LogP contribution in [0.3, 0.4) is 0 Å². The summed E-state index contributed by atoms with van der Waals surface area (Å²) in [7, 11) is 0. The molecule has 0 unspecified atom stereocenters. The second-order valence-corrected chi connectivity index (χ2v) is 14.2. The van der Waals surface area contributed by atoms with E-state index in [1.54, 1.807) is 23.5 Å². The van der Waals surface area contributed by atoms with Crippen molar-refractivity contribution < 1.29 is 14.1 Å². The fourth-order valence-electron chi connectivity index (χ4n) is 5.82. The Bertz CT molecular complexity index is 1860. The number of nitrogens with zero attached hydrogens (tertiary/aromatic N) is 3. The smallest absolute Gasteiger partial charge is 0.427 e. The van der Waals surface area contributed by atoms with Crippen molar-refractivity contribution in [3.8, 4) is 0 Å². The highest BCUT2D eigenvalue weighted by molar-refractivity contribution is 8.18. The standard InChI is InChI=1S/C39H40N3O2S3/c1-6-40-31-24-27(5)20-22-32(31)45-34(40)25-30(44-9-4)21-23-33-39(43)42(8-3)36(46-33)26-35-41(7-2)37(28-16-12-10-13-17-28)38(47-35)29-18-14-11-15-19-29/h10-26H,6-9H2,1-5H3/q+1/b30-21-,33-23-,34-25-. The van der Waals surface area contributed by atoms with Crippen molar-refractivity contribution in [2.45, 2.75) is 39.5 Å². The number of benzene rings is 3. The molecule has 0 aliphatic carbocycles. The summed E-state index contributed by atoms with van der Waals surface area (Å²) in [4.78, 5) is 21.5. The number of amides is 1. The van der Waals surface area contributed by atoms with Crippen LogP contribution < -0.4 is 4.90 Å². The van der Waals surface area contributed by atoms with Crippen molar-refractivity contribution in [1.82, 2.24) is 4.90 Å². The Morgan fingerprint density at radius 1 is 0.830 bits per heavy atom.